The highest BCUT2D eigenvalue weighted by Crippen LogP contribution is 2.30. The van der Waals surface area contributed by atoms with Gasteiger partial charge in [-0.15, -0.1) is 0 Å². The molecular weight excluding hydrogens is 264 g/mol. The lowest BCUT2D eigenvalue weighted by molar-refractivity contribution is 0.0696. The number of nitrogens with zero attached hydrogens (tertiary/aromatic N) is 2. The van der Waals surface area contributed by atoms with E-state index in [1.165, 1.54) is 25.8 Å². The van der Waals surface area contributed by atoms with E-state index >= 15 is 0 Å². The fourth-order valence-corrected chi connectivity index (χ4v) is 3.76. The number of carbonyl (C=O) groups is 1. The first-order chi connectivity index (χ1) is 10.1. The van der Waals surface area contributed by atoms with Crippen molar-refractivity contribution in [3.8, 4) is 0 Å². The monoisotopic (exact) mass is 288 g/mol. The smallest absolute Gasteiger partial charge is 0.337 e. The van der Waals surface area contributed by atoms with E-state index in [4.69, 9.17) is 0 Å². The third-order valence-electron chi connectivity index (χ3n) is 4.88. The van der Waals surface area contributed by atoms with Crippen molar-refractivity contribution in [2.45, 2.75) is 45.2 Å². The molecule has 21 heavy (non-hydrogen) atoms. The summed E-state index contributed by atoms with van der Waals surface area (Å²) < 4.78 is 0. The van der Waals surface area contributed by atoms with Crippen molar-refractivity contribution >= 4 is 11.7 Å². The van der Waals surface area contributed by atoms with Crippen LogP contribution in [0.1, 0.15) is 42.1 Å². The van der Waals surface area contributed by atoms with Crippen LogP contribution in [-0.2, 0) is 0 Å². The number of hydrogen-bond donors (Lipinski definition) is 1. The van der Waals surface area contributed by atoms with Crippen molar-refractivity contribution in [3.05, 3.63) is 29.3 Å². The van der Waals surface area contributed by atoms with Crippen molar-refractivity contribution < 1.29 is 9.90 Å². The fraction of sp³-hybridized carbons (Fsp3) is 0.588. The van der Waals surface area contributed by atoms with Crippen LogP contribution in [0.25, 0.3) is 0 Å². The molecule has 3 rings (SSSR count). The zero-order chi connectivity index (χ0) is 15.0. The summed E-state index contributed by atoms with van der Waals surface area (Å²) in [4.78, 5) is 16.5. The Labute approximate surface area is 126 Å². The molecule has 0 amide bonds. The third kappa shape index (κ3) is 2.77. The van der Waals surface area contributed by atoms with Crippen LogP contribution in [0.3, 0.4) is 0 Å². The van der Waals surface area contributed by atoms with Gasteiger partial charge in [-0.1, -0.05) is 18.1 Å². The molecular formula is C17H24N2O2. The summed E-state index contributed by atoms with van der Waals surface area (Å²) in [6.07, 6.45) is 3.83. The summed E-state index contributed by atoms with van der Waals surface area (Å²) in [6.45, 7) is 7.33. The topological polar surface area (TPSA) is 43.8 Å². The van der Waals surface area contributed by atoms with Gasteiger partial charge in [-0.3, -0.25) is 4.90 Å². The molecule has 1 N–H and O–H groups in total. The summed E-state index contributed by atoms with van der Waals surface area (Å²) >= 11 is 0. The van der Waals surface area contributed by atoms with Crippen molar-refractivity contribution in [1.29, 1.82) is 0 Å². The maximum atomic E-state index is 11.6. The SMILES string of the molecule is Cc1ccc(N2CC3CCCCN3CC2C)c(C(=O)O)c1. The molecule has 0 aliphatic carbocycles. The van der Waals surface area contributed by atoms with E-state index in [0.29, 0.717) is 17.6 Å². The van der Waals surface area contributed by atoms with Gasteiger partial charge in [0.1, 0.15) is 0 Å². The quantitative estimate of drug-likeness (QED) is 0.909. The fourth-order valence-electron chi connectivity index (χ4n) is 3.76. The third-order valence-corrected chi connectivity index (χ3v) is 4.88. The molecule has 0 saturated carbocycles. The molecule has 2 aliphatic heterocycles. The first-order valence-electron chi connectivity index (χ1n) is 7.91. The second kappa shape index (κ2) is 5.68. The Bertz CT molecular complexity index is 544. The van der Waals surface area contributed by atoms with Gasteiger partial charge in [0.25, 0.3) is 0 Å². The predicted molar refractivity (Wildman–Crippen MR) is 84.2 cm³/mol. The molecule has 2 atom stereocenters. The molecule has 2 unspecified atom stereocenters. The minimum absolute atomic E-state index is 0.361. The Balaban J connectivity index is 1.91. The van der Waals surface area contributed by atoms with E-state index in [1.807, 2.05) is 19.1 Å². The van der Waals surface area contributed by atoms with Gasteiger partial charge >= 0.3 is 5.97 Å². The maximum absolute atomic E-state index is 11.6. The molecule has 2 saturated heterocycles. The standard InChI is InChI=1S/C17H24N2O2/c1-12-6-7-16(15(9-12)17(20)21)19-11-14-5-3-4-8-18(14)10-13(19)2/h6-7,9,13-14H,3-5,8,10-11H2,1-2H3,(H,20,21). The maximum Gasteiger partial charge on any atom is 0.337 e. The minimum Gasteiger partial charge on any atom is -0.478 e. The van der Waals surface area contributed by atoms with Crippen LogP contribution in [0, 0.1) is 6.92 Å². The van der Waals surface area contributed by atoms with Gasteiger partial charge in [0.2, 0.25) is 0 Å². The van der Waals surface area contributed by atoms with Gasteiger partial charge in [-0.25, -0.2) is 4.79 Å². The van der Waals surface area contributed by atoms with Gasteiger partial charge < -0.3 is 10.0 Å². The number of piperidine rings is 1. The van der Waals surface area contributed by atoms with E-state index in [2.05, 4.69) is 16.7 Å². The summed E-state index contributed by atoms with van der Waals surface area (Å²) in [7, 11) is 0. The Hall–Kier alpha value is -1.55. The van der Waals surface area contributed by atoms with E-state index < -0.39 is 5.97 Å². The van der Waals surface area contributed by atoms with Crippen LogP contribution < -0.4 is 4.90 Å². The molecule has 1 aromatic rings. The van der Waals surface area contributed by atoms with Gasteiger partial charge in [0.15, 0.2) is 0 Å². The molecule has 0 aromatic heterocycles. The summed E-state index contributed by atoms with van der Waals surface area (Å²) in [5.41, 5.74) is 2.32. The molecule has 0 bridgehead atoms. The Kier molecular flexibility index (Phi) is 3.89. The number of aromatic carboxylic acids is 1. The molecule has 0 spiro atoms. The summed E-state index contributed by atoms with van der Waals surface area (Å²) in [5, 5.41) is 9.50. The number of benzene rings is 1. The van der Waals surface area contributed by atoms with E-state index in [0.717, 1.165) is 24.3 Å². The summed E-state index contributed by atoms with van der Waals surface area (Å²) in [6, 6.07) is 6.73. The number of carboxylic acid groups (broad SMARTS) is 1. The highest BCUT2D eigenvalue weighted by molar-refractivity contribution is 5.94. The minimum atomic E-state index is -0.827. The molecule has 4 nitrogen and oxygen atoms in total. The highest BCUT2D eigenvalue weighted by Gasteiger charge is 2.34. The number of anilines is 1. The van der Waals surface area contributed by atoms with Crippen LogP contribution in [0.5, 0.6) is 0 Å². The number of carboxylic acids is 1. The zero-order valence-corrected chi connectivity index (χ0v) is 12.9. The van der Waals surface area contributed by atoms with Gasteiger partial charge in [-0.05, 0) is 45.4 Å². The van der Waals surface area contributed by atoms with E-state index in [1.54, 1.807) is 6.07 Å². The summed E-state index contributed by atoms with van der Waals surface area (Å²) in [5.74, 6) is -0.827. The lowest BCUT2D eigenvalue weighted by Gasteiger charge is -2.48. The molecule has 1 aromatic carbocycles. The van der Waals surface area contributed by atoms with Crippen LogP contribution in [0.2, 0.25) is 0 Å². The van der Waals surface area contributed by atoms with E-state index in [9.17, 15) is 9.90 Å². The number of aryl methyl sites for hydroxylation is 1. The van der Waals surface area contributed by atoms with Crippen molar-refractivity contribution in [2.24, 2.45) is 0 Å². The number of rotatable bonds is 2. The highest BCUT2D eigenvalue weighted by atomic mass is 16.4. The Morgan fingerprint density at radius 1 is 1.29 bits per heavy atom. The first kappa shape index (κ1) is 14.4. The number of piperazine rings is 1. The molecule has 2 heterocycles. The molecule has 2 aliphatic rings. The van der Waals surface area contributed by atoms with Crippen molar-refractivity contribution in [3.63, 3.8) is 0 Å². The lowest BCUT2D eigenvalue weighted by Crippen LogP contribution is -2.59. The molecule has 4 heteroatoms. The average Bonchev–Trinajstić information content (AvgIpc) is 2.46. The first-order valence-corrected chi connectivity index (χ1v) is 7.91. The van der Waals surface area contributed by atoms with Crippen LogP contribution >= 0.6 is 0 Å². The zero-order valence-electron chi connectivity index (χ0n) is 12.9. The largest absolute Gasteiger partial charge is 0.478 e. The Morgan fingerprint density at radius 3 is 2.86 bits per heavy atom. The number of fused-ring (bicyclic) bond motifs is 1. The second-order valence-electron chi connectivity index (χ2n) is 6.47. The second-order valence-corrected chi connectivity index (χ2v) is 6.47. The number of hydrogen-bond acceptors (Lipinski definition) is 3. The van der Waals surface area contributed by atoms with Gasteiger partial charge in [0, 0.05) is 25.2 Å². The van der Waals surface area contributed by atoms with E-state index in [-0.39, 0.29) is 0 Å². The van der Waals surface area contributed by atoms with Gasteiger partial charge in [-0.2, -0.15) is 0 Å². The van der Waals surface area contributed by atoms with Gasteiger partial charge in [0.05, 0.1) is 11.3 Å². The van der Waals surface area contributed by atoms with Crippen molar-refractivity contribution in [1.82, 2.24) is 4.90 Å². The normalized spacial score (nSPS) is 26.5. The lowest BCUT2D eigenvalue weighted by atomic mass is 9.96. The average molecular weight is 288 g/mol. The predicted octanol–water partition coefficient (Wildman–Crippen LogP) is 2.76. The Morgan fingerprint density at radius 2 is 2.10 bits per heavy atom. The van der Waals surface area contributed by atoms with Crippen molar-refractivity contribution in [2.75, 3.05) is 24.5 Å². The van der Waals surface area contributed by atoms with Crippen LogP contribution in [0.15, 0.2) is 18.2 Å². The molecule has 114 valence electrons. The molecule has 2 fully saturated rings. The molecule has 0 radical (unpaired) electrons. The van der Waals surface area contributed by atoms with Crippen LogP contribution in [0.4, 0.5) is 5.69 Å². The van der Waals surface area contributed by atoms with Crippen LogP contribution in [-0.4, -0.2) is 47.7 Å².